The van der Waals surface area contributed by atoms with E-state index in [0.717, 1.165) is 10.9 Å². The van der Waals surface area contributed by atoms with E-state index in [2.05, 4.69) is 69.8 Å². The summed E-state index contributed by atoms with van der Waals surface area (Å²) < 4.78 is 7.11. The van der Waals surface area contributed by atoms with Gasteiger partial charge in [0.15, 0.2) is 0 Å². The largest absolute Gasteiger partial charge is 0.372 e. The van der Waals surface area contributed by atoms with Crippen LogP contribution in [0.2, 0.25) is 0 Å². The van der Waals surface area contributed by atoms with Gasteiger partial charge in [-0.3, -0.25) is 0 Å². The molecule has 0 bridgehead atoms. The second-order valence-electron chi connectivity index (χ2n) is 5.01. The zero-order valence-corrected chi connectivity index (χ0v) is 14.1. The number of likely N-dealkylation sites (N-methyl/N-ethyl adjacent to an activating group) is 1. The molecule has 2 rings (SSSR count). The average Bonchev–Trinajstić information content (AvgIpc) is 2.53. The van der Waals surface area contributed by atoms with Crippen molar-refractivity contribution in [2.24, 2.45) is 0 Å². The first-order valence-corrected chi connectivity index (χ1v) is 8.12. The lowest BCUT2D eigenvalue weighted by atomic mass is 9.96. The molecule has 1 N–H and O–H groups in total. The summed E-state index contributed by atoms with van der Waals surface area (Å²) in [4.78, 5) is 0. The first-order valence-electron chi connectivity index (χ1n) is 7.33. The van der Waals surface area contributed by atoms with Crippen LogP contribution in [0, 0.1) is 0 Å². The molecular formula is C18H22BrNO. The van der Waals surface area contributed by atoms with E-state index in [-0.39, 0.29) is 12.1 Å². The molecule has 0 aliphatic rings. The van der Waals surface area contributed by atoms with Gasteiger partial charge in [-0.25, -0.2) is 0 Å². The minimum Gasteiger partial charge on any atom is -0.372 e. The fraction of sp³-hybridized carbons (Fsp3) is 0.333. The van der Waals surface area contributed by atoms with Gasteiger partial charge in [-0.05, 0) is 43.7 Å². The third-order valence-corrected chi connectivity index (χ3v) is 4.11. The first kappa shape index (κ1) is 16.2. The van der Waals surface area contributed by atoms with Crippen LogP contribution in [0.5, 0.6) is 0 Å². The lowest BCUT2D eigenvalue weighted by Crippen LogP contribution is -2.35. The Morgan fingerprint density at radius 1 is 1.05 bits per heavy atom. The smallest absolute Gasteiger partial charge is 0.0980 e. The first-order chi connectivity index (χ1) is 10.2. The Kier molecular flexibility index (Phi) is 6.43. The molecule has 0 aliphatic heterocycles. The minimum absolute atomic E-state index is 0.0600. The van der Waals surface area contributed by atoms with Crippen LogP contribution in [0.4, 0.5) is 0 Å². The maximum absolute atomic E-state index is 6.01. The molecule has 2 aromatic rings. The fourth-order valence-electron chi connectivity index (χ4n) is 2.50. The maximum atomic E-state index is 6.01. The van der Waals surface area contributed by atoms with Crippen LogP contribution in [0.1, 0.15) is 24.2 Å². The molecule has 0 aliphatic carbocycles. The highest BCUT2D eigenvalue weighted by atomic mass is 79.9. The number of nitrogens with one attached hydrogen (secondary N) is 1. The number of ether oxygens (including phenoxy) is 1. The summed E-state index contributed by atoms with van der Waals surface area (Å²) in [5.74, 6) is 0. The molecule has 21 heavy (non-hydrogen) atoms. The zero-order chi connectivity index (χ0) is 15.1. The number of hydrogen-bond acceptors (Lipinski definition) is 2. The van der Waals surface area contributed by atoms with E-state index in [1.165, 1.54) is 11.1 Å². The van der Waals surface area contributed by atoms with Crippen molar-refractivity contribution in [3.8, 4) is 0 Å². The molecule has 3 heteroatoms. The van der Waals surface area contributed by atoms with Gasteiger partial charge in [-0.15, -0.1) is 0 Å². The predicted octanol–water partition coefficient (Wildman–Crippen LogP) is 4.36. The summed E-state index contributed by atoms with van der Waals surface area (Å²) in [6.07, 6.45) is 0.994. The summed E-state index contributed by atoms with van der Waals surface area (Å²) in [7, 11) is 2.00. The Hall–Kier alpha value is -1.16. The second kappa shape index (κ2) is 8.32. The van der Waals surface area contributed by atoms with Crippen LogP contribution in [0.3, 0.4) is 0 Å². The molecule has 2 nitrogen and oxygen atoms in total. The van der Waals surface area contributed by atoms with Gasteiger partial charge in [-0.1, -0.05) is 58.4 Å². The monoisotopic (exact) mass is 347 g/mol. The van der Waals surface area contributed by atoms with E-state index in [1.54, 1.807) is 0 Å². The van der Waals surface area contributed by atoms with Crippen molar-refractivity contribution in [2.75, 3.05) is 13.7 Å². The molecular weight excluding hydrogens is 326 g/mol. The highest BCUT2D eigenvalue weighted by molar-refractivity contribution is 9.10. The summed E-state index contributed by atoms with van der Waals surface area (Å²) in [6, 6.07) is 19.1. The summed E-state index contributed by atoms with van der Waals surface area (Å²) in [5, 5.41) is 3.41. The van der Waals surface area contributed by atoms with Gasteiger partial charge in [0, 0.05) is 17.1 Å². The Morgan fingerprint density at radius 2 is 1.71 bits per heavy atom. The van der Waals surface area contributed by atoms with Crippen LogP contribution in [0.25, 0.3) is 0 Å². The van der Waals surface area contributed by atoms with Gasteiger partial charge < -0.3 is 10.1 Å². The summed E-state index contributed by atoms with van der Waals surface area (Å²) in [6.45, 7) is 2.75. The van der Waals surface area contributed by atoms with Gasteiger partial charge >= 0.3 is 0 Å². The number of halogens is 1. The van der Waals surface area contributed by atoms with Crippen LogP contribution in [-0.2, 0) is 11.2 Å². The zero-order valence-electron chi connectivity index (χ0n) is 12.6. The van der Waals surface area contributed by atoms with Crippen molar-refractivity contribution < 1.29 is 4.74 Å². The van der Waals surface area contributed by atoms with E-state index in [0.29, 0.717) is 6.61 Å². The van der Waals surface area contributed by atoms with E-state index in [1.807, 2.05) is 20.0 Å². The normalized spacial score (nSPS) is 13.9. The summed E-state index contributed by atoms with van der Waals surface area (Å²) in [5.41, 5.74) is 2.52. The second-order valence-corrected chi connectivity index (χ2v) is 5.93. The topological polar surface area (TPSA) is 21.3 Å². The molecule has 2 atom stereocenters. The van der Waals surface area contributed by atoms with E-state index in [4.69, 9.17) is 4.74 Å². The van der Waals surface area contributed by atoms with Crippen molar-refractivity contribution in [1.82, 2.24) is 5.32 Å². The molecule has 0 fully saturated rings. The van der Waals surface area contributed by atoms with Gasteiger partial charge in [0.25, 0.3) is 0 Å². The number of rotatable bonds is 7. The third-order valence-electron chi connectivity index (χ3n) is 3.58. The van der Waals surface area contributed by atoms with E-state index in [9.17, 15) is 0 Å². The Labute approximate surface area is 135 Å². The fourth-order valence-corrected chi connectivity index (χ4v) is 2.77. The van der Waals surface area contributed by atoms with Crippen LogP contribution in [0.15, 0.2) is 59.1 Å². The Bertz CT molecular complexity index is 527. The number of benzene rings is 2. The standard InChI is InChI=1S/C18H22BrNO/c1-3-21-18(15-7-5-4-6-8-15)17(20-2)13-14-9-11-16(19)12-10-14/h4-12,17-18,20H,3,13H2,1-2H3. The summed E-state index contributed by atoms with van der Waals surface area (Å²) >= 11 is 3.48. The Morgan fingerprint density at radius 3 is 2.29 bits per heavy atom. The molecule has 0 heterocycles. The predicted molar refractivity (Wildman–Crippen MR) is 91.5 cm³/mol. The van der Waals surface area contributed by atoms with E-state index >= 15 is 0 Å². The van der Waals surface area contributed by atoms with Gasteiger partial charge in [0.05, 0.1) is 6.10 Å². The van der Waals surface area contributed by atoms with Gasteiger partial charge in [0.1, 0.15) is 0 Å². The van der Waals surface area contributed by atoms with Crippen LogP contribution in [-0.4, -0.2) is 19.7 Å². The van der Waals surface area contributed by atoms with Crippen molar-refractivity contribution in [1.29, 1.82) is 0 Å². The van der Waals surface area contributed by atoms with Crippen LogP contribution < -0.4 is 5.32 Å². The lowest BCUT2D eigenvalue weighted by molar-refractivity contribution is 0.0352. The molecule has 112 valence electrons. The van der Waals surface area contributed by atoms with Gasteiger partial charge in [0.2, 0.25) is 0 Å². The molecule has 0 saturated carbocycles. The molecule has 0 amide bonds. The highest BCUT2D eigenvalue weighted by Gasteiger charge is 2.22. The van der Waals surface area contributed by atoms with Gasteiger partial charge in [-0.2, -0.15) is 0 Å². The minimum atomic E-state index is 0.0600. The van der Waals surface area contributed by atoms with Crippen molar-refractivity contribution in [3.05, 3.63) is 70.2 Å². The molecule has 0 spiro atoms. The molecule has 0 saturated heterocycles. The van der Waals surface area contributed by atoms with E-state index < -0.39 is 0 Å². The molecule has 2 aromatic carbocycles. The quantitative estimate of drug-likeness (QED) is 0.803. The number of hydrogen-bond donors (Lipinski definition) is 1. The molecule has 2 unspecified atom stereocenters. The third kappa shape index (κ3) is 4.67. The Balaban J connectivity index is 2.17. The van der Waals surface area contributed by atoms with Crippen molar-refractivity contribution >= 4 is 15.9 Å². The molecule has 0 radical (unpaired) electrons. The van der Waals surface area contributed by atoms with Crippen molar-refractivity contribution in [3.63, 3.8) is 0 Å². The molecule has 0 aromatic heterocycles. The lowest BCUT2D eigenvalue weighted by Gasteiger charge is -2.27. The SMILES string of the molecule is CCOC(c1ccccc1)C(Cc1ccc(Br)cc1)NC. The maximum Gasteiger partial charge on any atom is 0.0980 e. The van der Waals surface area contributed by atoms with Crippen LogP contribution >= 0.6 is 15.9 Å². The highest BCUT2D eigenvalue weighted by Crippen LogP contribution is 2.24. The van der Waals surface area contributed by atoms with Crippen molar-refractivity contribution in [2.45, 2.75) is 25.5 Å². The average molecular weight is 348 g/mol.